The van der Waals surface area contributed by atoms with Crippen molar-refractivity contribution in [3.8, 4) is 0 Å². The fourth-order valence-corrected chi connectivity index (χ4v) is 3.02. The summed E-state index contributed by atoms with van der Waals surface area (Å²) in [6, 6.07) is 13.9. The summed E-state index contributed by atoms with van der Waals surface area (Å²) in [4.78, 5) is 13.8. The van der Waals surface area contributed by atoms with Crippen LogP contribution < -0.4 is 10.2 Å². The van der Waals surface area contributed by atoms with E-state index in [4.69, 9.17) is 11.6 Å². The number of rotatable bonds is 6. The van der Waals surface area contributed by atoms with E-state index < -0.39 is 0 Å². The lowest BCUT2D eigenvalue weighted by Gasteiger charge is -2.25. The summed E-state index contributed by atoms with van der Waals surface area (Å²) in [6.45, 7) is 2.67. The molecule has 3 nitrogen and oxygen atoms in total. The highest BCUT2D eigenvalue weighted by atomic mass is 35.5. The fraction of sp³-hybridized carbons (Fsp3) is 0.316. The molecule has 0 radical (unpaired) electrons. The number of hydrogen-bond donors (Lipinski definition) is 2. The number of carbonyl (C=O) groups is 1. The Morgan fingerprint density at radius 3 is 2.42 bits per heavy atom. The molecule has 1 fully saturated rings. The molecule has 1 unspecified atom stereocenters. The van der Waals surface area contributed by atoms with Gasteiger partial charge < -0.3 is 10.2 Å². The van der Waals surface area contributed by atoms with Gasteiger partial charge in [0.2, 0.25) is 0 Å². The summed E-state index contributed by atoms with van der Waals surface area (Å²) in [5.74, 6) is -0.249. The van der Waals surface area contributed by atoms with Crippen LogP contribution in [0.2, 0.25) is 5.02 Å². The molecule has 0 saturated heterocycles. The monoisotopic (exact) mass is 347 g/mol. The van der Waals surface area contributed by atoms with Crippen LogP contribution in [0.3, 0.4) is 0 Å². The number of benzene rings is 2. The van der Waals surface area contributed by atoms with Gasteiger partial charge in [-0.25, -0.2) is 4.39 Å². The van der Waals surface area contributed by atoms with Crippen LogP contribution >= 0.6 is 11.6 Å². The van der Waals surface area contributed by atoms with Crippen LogP contribution in [0.1, 0.15) is 25.3 Å². The lowest BCUT2D eigenvalue weighted by Crippen LogP contribution is -3.16. The first-order chi connectivity index (χ1) is 11.5. The largest absolute Gasteiger partial charge is 0.321 e. The number of nitrogens with one attached hydrogen (secondary N) is 2. The molecule has 1 amide bonds. The van der Waals surface area contributed by atoms with E-state index in [1.54, 1.807) is 36.4 Å². The molecule has 0 bridgehead atoms. The van der Waals surface area contributed by atoms with Gasteiger partial charge in [-0.2, -0.15) is 0 Å². The maximum atomic E-state index is 13.1. The number of quaternary nitrogens is 1. The second-order valence-electron chi connectivity index (χ2n) is 6.37. The molecule has 1 aliphatic rings. The van der Waals surface area contributed by atoms with Gasteiger partial charge in [-0.3, -0.25) is 4.79 Å². The molecule has 2 atom stereocenters. The molecule has 126 valence electrons. The van der Waals surface area contributed by atoms with Gasteiger partial charge in [0.15, 0.2) is 6.04 Å². The van der Waals surface area contributed by atoms with Crippen LogP contribution in [0.15, 0.2) is 48.5 Å². The number of anilines is 1. The summed E-state index contributed by atoms with van der Waals surface area (Å²) in [6.07, 6.45) is 2.27. The van der Waals surface area contributed by atoms with Crippen LogP contribution in [0.25, 0.3) is 0 Å². The fourth-order valence-electron chi connectivity index (χ4n) is 2.90. The van der Waals surface area contributed by atoms with Crippen LogP contribution in [-0.4, -0.2) is 18.0 Å². The van der Waals surface area contributed by atoms with Gasteiger partial charge in [-0.1, -0.05) is 23.7 Å². The molecular formula is C19H21ClFN2O+. The van der Waals surface area contributed by atoms with Gasteiger partial charge in [-0.15, -0.1) is 0 Å². The zero-order valence-electron chi connectivity index (χ0n) is 13.6. The third-order valence-electron chi connectivity index (χ3n) is 4.48. The van der Waals surface area contributed by atoms with Crippen molar-refractivity contribution in [1.29, 1.82) is 0 Å². The Bertz CT molecular complexity index is 698. The Kier molecular flexibility index (Phi) is 5.17. The van der Waals surface area contributed by atoms with Crippen LogP contribution in [0.4, 0.5) is 10.1 Å². The van der Waals surface area contributed by atoms with Gasteiger partial charge in [0.25, 0.3) is 5.91 Å². The summed E-state index contributed by atoms with van der Waals surface area (Å²) < 4.78 is 13.1. The first-order valence-electron chi connectivity index (χ1n) is 8.19. The van der Waals surface area contributed by atoms with Crippen LogP contribution in [0, 0.1) is 5.82 Å². The molecule has 0 spiro atoms. The minimum Gasteiger partial charge on any atom is -0.321 e. The van der Waals surface area contributed by atoms with Crippen molar-refractivity contribution in [2.24, 2.45) is 0 Å². The average Bonchev–Trinajstić information content (AvgIpc) is 3.40. The first-order valence-corrected chi connectivity index (χ1v) is 8.57. The van der Waals surface area contributed by atoms with E-state index in [1.165, 1.54) is 17.0 Å². The van der Waals surface area contributed by atoms with Crippen molar-refractivity contribution < 1.29 is 14.1 Å². The van der Waals surface area contributed by atoms with E-state index in [1.807, 2.05) is 6.92 Å². The number of carbonyl (C=O) groups excluding carboxylic acids is 1. The summed E-state index contributed by atoms with van der Waals surface area (Å²) >= 11 is 5.87. The smallest absolute Gasteiger partial charge is 0.282 e. The SMILES string of the molecule is C[C@H](C(=O)Nc1ccc(Cl)cc1)[NH+](Cc1ccc(F)cc1)C1CC1. The molecule has 3 rings (SSSR count). The van der Waals surface area contributed by atoms with E-state index in [2.05, 4.69) is 5.32 Å². The second-order valence-corrected chi connectivity index (χ2v) is 6.81. The van der Waals surface area contributed by atoms with Gasteiger partial charge in [0.05, 0.1) is 6.04 Å². The van der Waals surface area contributed by atoms with Crippen LogP contribution in [-0.2, 0) is 11.3 Å². The van der Waals surface area contributed by atoms with Crippen molar-refractivity contribution >= 4 is 23.2 Å². The molecule has 5 heteroatoms. The van der Waals surface area contributed by atoms with E-state index in [-0.39, 0.29) is 17.8 Å². The summed E-state index contributed by atoms with van der Waals surface area (Å²) in [5.41, 5.74) is 1.79. The van der Waals surface area contributed by atoms with Gasteiger partial charge in [0.1, 0.15) is 12.4 Å². The molecule has 1 aliphatic carbocycles. The minimum absolute atomic E-state index is 0.0127. The van der Waals surface area contributed by atoms with Crippen molar-refractivity contribution in [3.63, 3.8) is 0 Å². The predicted octanol–water partition coefficient (Wildman–Crippen LogP) is 3.05. The first kappa shape index (κ1) is 16.9. The quantitative estimate of drug-likeness (QED) is 0.827. The Hall–Kier alpha value is -1.91. The van der Waals surface area contributed by atoms with Crippen molar-refractivity contribution in [2.45, 2.75) is 38.4 Å². The normalized spacial score (nSPS) is 16.5. The summed E-state index contributed by atoms with van der Waals surface area (Å²) in [5, 5.41) is 3.59. The highest BCUT2D eigenvalue weighted by molar-refractivity contribution is 6.30. The van der Waals surface area contributed by atoms with Crippen molar-refractivity contribution in [2.75, 3.05) is 5.32 Å². The highest BCUT2D eigenvalue weighted by Gasteiger charge is 2.39. The topological polar surface area (TPSA) is 33.5 Å². The van der Waals surface area contributed by atoms with Gasteiger partial charge in [0, 0.05) is 29.1 Å². The Labute approximate surface area is 146 Å². The van der Waals surface area contributed by atoms with E-state index >= 15 is 0 Å². The molecule has 2 aromatic carbocycles. The zero-order chi connectivity index (χ0) is 17.1. The molecule has 24 heavy (non-hydrogen) atoms. The van der Waals surface area contributed by atoms with Crippen molar-refractivity contribution in [1.82, 2.24) is 0 Å². The maximum Gasteiger partial charge on any atom is 0.282 e. The molecule has 0 heterocycles. The van der Waals surface area contributed by atoms with Crippen LogP contribution in [0.5, 0.6) is 0 Å². The third-order valence-corrected chi connectivity index (χ3v) is 4.74. The lowest BCUT2D eigenvalue weighted by molar-refractivity contribution is -0.938. The van der Waals surface area contributed by atoms with Crippen molar-refractivity contribution in [3.05, 3.63) is 64.9 Å². The second kappa shape index (κ2) is 7.32. The lowest BCUT2D eigenvalue weighted by atomic mass is 10.1. The Morgan fingerprint density at radius 1 is 1.21 bits per heavy atom. The zero-order valence-corrected chi connectivity index (χ0v) is 14.3. The van der Waals surface area contributed by atoms with E-state index in [9.17, 15) is 9.18 Å². The number of hydrogen-bond acceptors (Lipinski definition) is 1. The standard InChI is InChI=1S/C19H20ClFN2O/c1-13(19(24)22-17-8-4-15(20)5-9-17)23(18-10-11-18)12-14-2-6-16(21)7-3-14/h2-9,13,18H,10-12H2,1H3,(H,22,24)/p+1/t13-/m1/s1. The average molecular weight is 348 g/mol. The van der Waals surface area contributed by atoms with Gasteiger partial charge in [-0.05, 0) is 43.3 Å². The van der Waals surface area contributed by atoms with Gasteiger partial charge >= 0.3 is 0 Å². The van der Waals surface area contributed by atoms with E-state index in [0.29, 0.717) is 11.1 Å². The summed E-state index contributed by atoms with van der Waals surface area (Å²) in [7, 11) is 0. The molecular weight excluding hydrogens is 327 g/mol. The molecule has 2 aromatic rings. The predicted molar refractivity (Wildman–Crippen MR) is 93.6 cm³/mol. The number of halogens is 2. The van der Waals surface area contributed by atoms with E-state index in [0.717, 1.165) is 30.6 Å². The number of amides is 1. The molecule has 1 saturated carbocycles. The molecule has 0 aromatic heterocycles. The molecule has 2 N–H and O–H groups in total. The Balaban J connectivity index is 1.67. The minimum atomic E-state index is -0.236. The molecule has 0 aliphatic heterocycles. The maximum absolute atomic E-state index is 13.1. The Morgan fingerprint density at radius 2 is 1.83 bits per heavy atom. The third kappa shape index (κ3) is 4.34. The highest BCUT2D eigenvalue weighted by Crippen LogP contribution is 2.17.